The van der Waals surface area contributed by atoms with Crippen molar-refractivity contribution >= 4 is 17.2 Å². The summed E-state index contributed by atoms with van der Waals surface area (Å²) in [5, 5.41) is 15.4. The van der Waals surface area contributed by atoms with Crippen molar-refractivity contribution in [2.24, 2.45) is 0 Å². The number of nitrogens with one attached hydrogen (secondary N) is 1. The normalized spacial score (nSPS) is 11.0. The second-order valence-electron chi connectivity index (χ2n) is 7.56. The predicted molar refractivity (Wildman–Crippen MR) is 124 cm³/mol. The maximum Gasteiger partial charge on any atom is 0.225 e. The van der Waals surface area contributed by atoms with Crippen molar-refractivity contribution in [3.63, 3.8) is 0 Å². The molecule has 5 rings (SSSR count). The van der Waals surface area contributed by atoms with E-state index in [4.69, 9.17) is 0 Å². The summed E-state index contributed by atoms with van der Waals surface area (Å²) in [7, 11) is 0. The molecule has 3 aromatic carbocycles. The Morgan fingerprint density at radius 2 is 1.56 bits per heavy atom. The van der Waals surface area contributed by atoms with E-state index in [-0.39, 0.29) is 11.8 Å². The molecule has 156 valence electrons. The van der Waals surface area contributed by atoms with Crippen LogP contribution in [0.25, 0.3) is 16.9 Å². The number of amides is 1. The number of carbonyl (C=O) groups is 1. The Bertz CT molecular complexity index is 1310. The van der Waals surface area contributed by atoms with Crippen LogP contribution in [0.4, 0.5) is 5.69 Å². The lowest BCUT2D eigenvalue weighted by Crippen LogP contribution is -2.16. The van der Waals surface area contributed by atoms with Gasteiger partial charge in [0.1, 0.15) is 6.33 Å². The molecule has 5 aromatic rings. The summed E-state index contributed by atoms with van der Waals surface area (Å²) >= 11 is 0. The Labute approximate surface area is 185 Å². The van der Waals surface area contributed by atoms with Gasteiger partial charge >= 0.3 is 0 Å². The number of hydrogen-bond acceptors (Lipinski definition) is 4. The highest BCUT2D eigenvalue weighted by Crippen LogP contribution is 2.29. The lowest BCUT2D eigenvalue weighted by atomic mass is 9.88. The summed E-state index contributed by atoms with van der Waals surface area (Å²) in [4.78, 5) is 13.0. The van der Waals surface area contributed by atoms with Crippen molar-refractivity contribution < 1.29 is 4.79 Å². The highest BCUT2D eigenvalue weighted by atomic mass is 16.1. The number of carbonyl (C=O) groups excluding carboxylic acids is 1. The van der Waals surface area contributed by atoms with Crippen molar-refractivity contribution in [3.05, 3.63) is 115 Å². The number of rotatable bonds is 6. The summed E-state index contributed by atoms with van der Waals surface area (Å²) < 4.78 is 1.63. The summed E-state index contributed by atoms with van der Waals surface area (Å²) in [5.41, 5.74) is 5.34. The first-order valence-corrected chi connectivity index (χ1v) is 10.4. The molecule has 6 heteroatoms. The molecular formula is C26H21N5O. The smallest absolute Gasteiger partial charge is 0.225 e. The third kappa shape index (κ3) is 4.25. The van der Waals surface area contributed by atoms with E-state index in [1.807, 2.05) is 72.8 Å². The lowest BCUT2D eigenvalue weighted by Gasteiger charge is -2.18. The minimum absolute atomic E-state index is 0.0154. The molecule has 0 unspecified atom stereocenters. The van der Waals surface area contributed by atoms with Crippen LogP contribution in [-0.4, -0.2) is 25.7 Å². The molecule has 0 spiro atoms. The Morgan fingerprint density at radius 3 is 2.28 bits per heavy atom. The molecule has 32 heavy (non-hydrogen) atoms. The van der Waals surface area contributed by atoms with E-state index in [1.54, 1.807) is 10.8 Å². The van der Waals surface area contributed by atoms with E-state index in [1.165, 1.54) is 0 Å². The van der Waals surface area contributed by atoms with Crippen molar-refractivity contribution in [2.75, 3.05) is 5.32 Å². The van der Waals surface area contributed by atoms with Gasteiger partial charge in [0, 0.05) is 23.6 Å². The Hall–Kier alpha value is -4.32. The standard InChI is InChI=1S/C26H21N5O/c32-26(17-23(19-8-3-1-4-9-19)20-10-5-2-6-11-20)28-22-13-7-12-21(16-22)24-14-15-25-29-27-18-31(25)30-24/h1-16,18,23H,17H2,(H,28,32). The fourth-order valence-corrected chi connectivity index (χ4v) is 3.83. The van der Waals surface area contributed by atoms with Crippen LogP contribution in [0.3, 0.4) is 0 Å². The van der Waals surface area contributed by atoms with Crippen LogP contribution in [0, 0.1) is 0 Å². The van der Waals surface area contributed by atoms with Crippen molar-refractivity contribution in [2.45, 2.75) is 12.3 Å². The fraction of sp³-hybridized carbons (Fsp3) is 0.0769. The molecule has 6 nitrogen and oxygen atoms in total. The minimum atomic E-state index is -0.0397. The molecule has 0 saturated carbocycles. The molecule has 2 heterocycles. The summed E-state index contributed by atoms with van der Waals surface area (Å²) in [6.07, 6.45) is 1.92. The summed E-state index contributed by atoms with van der Waals surface area (Å²) in [6.45, 7) is 0. The Morgan fingerprint density at radius 1 is 0.844 bits per heavy atom. The topological polar surface area (TPSA) is 72.2 Å². The summed E-state index contributed by atoms with van der Waals surface area (Å²) in [6, 6.07) is 31.7. The first kappa shape index (κ1) is 19.6. The van der Waals surface area contributed by atoms with E-state index >= 15 is 0 Å². The molecule has 0 aliphatic carbocycles. The monoisotopic (exact) mass is 419 g/mol. The SMILES string of the molecule is O=C(CC(c1ccccc1)c1ccccc1)Nc1cccc(-c2ccc3nncn3n2)c1. The number of fused-ring (bicyclic) bond motifs is 1. The van der Waals surface area contributed by atoms with Gasteiger partial charge < -0.3 is 5.32 Å². The van der Waals surface area contributed by atoms with Crippen LogP contribution in [0.1, 0.15) is 23.5 Å². The molecule has 1 amide bonds. The van der Waals surface area contributed by atoms with Gasteiger partial charge in [-0.3, -0.25) is 4.79 Å². The largest absolute Gasteiger partial charge is 0.326 e. The van der Waals surface area contributed by atoms with Gasteiger partial charge in [0.05, 0.1) is 5.69 Å². The number of benzene rings is 3. The molecule has 0 aliphatic heterocycles. The highest BCUT2D eigenvalue weighted by molar-refractivity contribution is 5.92. The zero-order valence-corrected chi connectivity index (χ0v) is 17.3. The second kappa shape index (κ2) is 8.81. The zero-order chi connectivity index (χ0) is 21.8. The maximum absolute atomic E-state index is 13.0. The van der Waals surface area contributed by atoms with Crippen LogP contribution in [-0.2, 0) is 4.79 Å². The number of aromatic nitrogens is 4. The Kier molecular flexibility index (Phi) is 5.41. The lowest BCUT2D eigenvalue weighted by molar-refractivity contribution is -0.116. The van der Waals surface area contributed by atoms with Crippen LogP contribution < -0.4 is 5.32 Å². The van der Waals surface area contributed by atoms with Gasteiger partial charge in [-0.1, -0.05) is 72.8 Å². The van der Waals surface area contributed by atoms with E-state index in [0.29, 0.717) is 12.1 Å². The first-order chi connectivity index (χ1) is 15.8. The highest BCUT2D eigenvalue weighted by Gasteiger charge is 2.18. The van der Waals surface area contributed by atoms with Gasteiger partial charge in [-0.2, -0.15) is 9.61 Å². The van der Waals surface area contributed by atoms with E-state index in [9.17, 15) is 4.79 Å². The molecule has 0 atom stereocenters. The van der Waals surface area contributed by atoms with Gasteiger partial charge in [0.25, 0.3) is 0 Å². The summed E-state index contributed by atoms with van der Waals surface area (Å²) in [5.74, 6) is -0.0551. The van der Waals surface area contributed by atoms with Gasteiger partial charge in [0.15, 0.2) is 5.65 Å². The Balaban J connectivity index is 1.36. The van der Waals surface area contributed by atoms with Gasteiger partial charge in [-0.25, -0.2) is 0 Å². The van der Waals surface area contributed by atoms with Crippen molar-refractivity contribution in [3.8, 4) is 11.3 Å². The van der Waals surface area contributed by atoms with Crippen molar-refractivity contribution in [1.29, 1.82) is 0 Å². The molecule has 0 fully saturated rings. The predicted octanol–water partition coefficient (Wildman–Crippen LogP) is 4.95. The number of nitrogens with zero attached hydrogens (tertiary/aromatic N) is 4. The van der Waals surface area contributed by atoms with Crippen molar-refractivity contribution in [1.82, 2.24) is 19.8 Å². The van der Waals surface area contributed by atoms with Gasteiger partial charge in [0.2, 0.25) is 5.91 Å². The molecule has 0 aliphatic rings. The minimum Gasteiger partial charge on any atom is -0.326 e. The van der Waals surface area contributed by atoms with Crippen LogP contribution in [0.2, 0.25) is 0 Å². The van der Waals surface area contributed by atoms with E-state index < -0.39 is 0 Å². The molecule has 2 aromatic heterocycles. The molecule has 0 saturated heterocycles. The molecular weight excluding hydrogens is 398 g/mol. The molecule has 0 radical (unpaired) electrons. The average molecular weight is 419 g/mol. The number of anilines is 1. The fourth-order valence-electron chi connectivity index (χ4n) is 3.83. The first-order valence-electron chi connectivity index (χ1n) is 10.4. The third-order valence-electron chi connectivity index (χ3n) is 5.40. The maximum atomic E-state index is 13.0. The van der Waals surface area contributed by atoms with Gasteiger partial charge in [-0.15, -0.1) is 10.2 Å². The van der Waals surface area contributed by atoms with E-state index in [0.717, 1.165) is 28.1 Å². The third-order valence-corrected chi connectivity index (χ3v) is 5.40. The second-order valence-corrected chi connectivity index (χ2v) is 7.56. The van der Waals surface area contributed by atoms with Crippen LogP contribution >= 0.6 is 0 Å². The quantitative estimate of drug-likeness (QED) is 0.423. The van der Waals surface area contributed by atoms with Crippen LogP contribution in [0.5, 0.6) is 0 Å². The number of hydrogen-bond donors (Lipinski definition) is 1. The van der Waals surface area contributed by atoms with Gasteiger partial charge in [-0.05, 0) is 35.4 Å². The molecule has 0 bridgehead atoms. The van der Waals surface area contributed by atoms with Crippen LogP contribution in [0.15, 0.2) is 103 Å². The van der Waals surface area contributed by atoms with E-state index in [2.05, 4.69) is 44.9 Å². The molecule has 1 N–H and O–H groups in total. The zero-order valence-electron chi connectivity index (χ0n) is 17.3. The average Bonchev–Trinajstić information content (AvgIpc) is 3.32.